The molecule has 0 saturated heterocycles. The van der Waals surface area contributed by atoms with E-state index in [1.807, 2.05) is 20.8 Å². The van der Waals surface area contributed by atoms with Crippen molar-refractivity contribution < 1.29 is 9.90 Å². The van der Waals surface area contributed by atoms with Gasteiger partial charge in [-0.1, -0.05) is 0 Å². The van der Waals surface area contributed by atoms with Gasteiger partial charge in [-0.25, -0.2) is 4.98 Å². The topological polar surface area (TPSA) is 113 Å². The minimum Gasteiger partial charge on any atom is -0.393 e. The van der Waals surface area contributed by atoms with Crippen LogP contribution in [0.2, 0.25) is 5.11 Å². The highest BCUT2D eigenvalue weighted by molar-refractivity contribution is 6.59. The molecule has 0 aliphatic heterocycles. The van der Waals surface area contributed by atoms with E-state index in [2.05, 4.69) is 44.1 Å². The maximum absolute atomic E-state index is 11.7. The van der Waals surface area contributed by atoms with Gasteiger partial charge in [-0.15, -0.1) is 5.11 Å². The van der Waals surface area contributed by atoms with E-state index in [-0.39, 0.29) is 34.3 Å². The highest BCUT2D eigenvalue weighted by atomic mass is 16.3. The SMILES string of the molecule is BC(B)(B)C1CCC(Nc2nc(NC(C)(C)C)ncc2C(N)=O)CC1O. The van der Waals surface area contributed by atoms with Crippen LogP contribution in [0.3, 0.4) is 0 Å². The Hall–Kier alpha value is -1.70. The number of carbonyl (C=O) groups is 1. The molecule has 1 fully saturated rings. The predicted octanol–water partition coefficient (Wildman–Crippen LogP) is -1.30. The Morgan fingerprint density at radius 3 is 2.46 bits per heavy atom. The van der Waals surface area contributed by atoms with Crippen molar-refractivity contribution in [2.45, 2.75) is 62.8 Å². The molecule has 0 radical (unpaired) electrons. The molecule has 3 unspecified atom stereocenters. The largest absolute Gasteiger partial charge is 0.393 e. The highest BCUT2D eigenvalue weighted by Gasteiger charge is 2.36. The van der Waals surface area contributed by atoms with Gasteiger partial charge in [0.25, 0.3) is 5.91 Å². The van der Waals surface area contributed by atoms with Crippen LogP contribution in [0.25, 0.3) is 0 Å². The van der Waals surface area contributed by atoms with Crippen LogP contribution in [-0.2, 0) is 0 Å². The molecule has 1 aromatic rings. The normalized spacial score (nSPS) is 24.1. The zero-order chi connectivity index (χ0) is 19.7. The molecule has 140 valence electrons. The summed E-state index contributed by atoms with van der Waals surface area (Å²) in [7, 11) is 6.48. The van der Waals surface area contributed by atoms with E-state index < -0.39 is 5.91 Å². The first-order chi connectivity index (χ1) is 11.9. The molecule has 5 N–H and O–H groups in total. The molecule has 0 bridgehead atoms. The Kier molecular flexibility index (Phi) is 5.95. The van der Waals surface area contributed by atoms with Crippen LogP contribution in [0.15, 0.2) is 6.20 Å². The van der Waals surface area contributed by atoms with Crippen molar-refractivity contribution in [2.24, 2.45) is 11.7 Å². The minimum atomic E-state index is -0.571. The Balaban J connectivity index is 2.17. The van der Waals surface area contributed by atoms with Gasteiger partial charge in [-0.3, -0.25) is 4.79 Å². The number of hydrogen-bond donors (Lipinski definition) is 4. The summed E-state index contributed by atoms with van der Waals surface area (Å²) < 4.78 is 0. The van der Waals surface area contributed by atoms with E-state index in [1.165, 1.54) is 6.20 Å². The number of hydrogen-bond acceptors (Lipinski definition) is 6. The van der Waals surface area contributed by atoms with Gasteiger partial charge in [0.2, 0.25) is 5.95 Å². The van der Waals surface area contributed by atoms with E-state index in [0.717, 1.165) is 12.8 Å². The highest BCUT2D eigenvalue weighted by Crippen LogP contribution is 2.38. The van der Waals surface area contributed by atoms with Gasteiger partial charge in [-0.2, -0.15) is 4.98 Å². The van der Waals surface area contributed by atoms with Crippen LogP contribution in [0.4, 0.5) is 11.8 Å². The van der Waals surface area contributed by atoms with Gasteiger partial charge in [0, 0.05) is 17.8 Å². The van der Waals surface area contributed by atoms with Gasteiger partial charge >= 0.3 is 0 Å². The first-order valence-electron chi connectivity index (χ1n) is 9.26. The molecule has 1 amide bonds. The second-order valence-corrected chi connectivity index (χ2v) is 9.39. The first kappa shape index (κ1) is 20.6. The molecule has 1 aliphatic rings. The lowest BCUT2D eigenvalue weighted by Gasteiger charge is -2.41. The summed E-state index contributed by atoms with van der Waals surface area (Å²) in [4.78, 5) is 20.4. The minimum absolute atomic E-state index is 0.0408. The molecular formula is C16H30B3N5O2. The van der Waals surface area contributed by atoms with E-state index in [1.54, 1.807) is 0 Å². The van der Waals surface area contributed by atoms with E-state index in [0.29, 0.717) is 18.2 Å². The number of nitrogens with zero attached hydrogens (tertiary/aromatic N) is 2. The third-order valence-electron chi connectivity index (χ3n) is 4.81. The van der Waals surface area contributed by atoms with E-state index in [4.69, 9.17) is 5.73 Å². The summed E-state index contributed by atoms with van der Waals surface area (Å²) in [5.74, 6) is 0.554. The summed E-state index contributed by atoms with van der Waals surface area (Å²) in [5, 5.41) is 17.1. The van der Waals surface area contributed by atoms with Gasteiger partial charge in [0.1, 0.15) is 5.82 Å². The fourth-order valence-corrected chi connectivity index (χ4v) is 3.55. The van der Waals surface area contributed by atoms with Crippen molar-refractivity contribution in [1.29, 1.82) is 0 Å². The van der Waals surface area contributed by atoms with Crippen LogP contribution in [0.5, 0.6) is 0 Å². The summed E-state index contributed by atoms with van der Waals surface area (Å²) in [5.41, 5.74) is 5.53. The summed E-state index contributed by atoms with van der Waals surface area (Å²) >= 11 is 0. The summed E-state index contributed by atoms with van der Waals surface area (Å²) in [6.07, 6.45) is 3.51. The van der Waals surface area contributed by atoms with Crippen LogP contribution in [-0.4, -0.2) is 62.2 Å². The third-order valence-corrected chi connectivity index (χ3v) is 4.81. The number of aliphatic hydroxyl groups excluding tert-OH is 1. The zero-order valence-corrected chi connectivity index (χ0v) is 16.8. The van der Waals surface area contributed by atoms with Crippen molar-refractivity contribution in [3.63, 3.8) is 0 Å². The number of rotatable bonds is 5. The molecule has 10 heteroatoms. The maximum Gasteiger partial charge on any atom is 0.254 e. The molecule has 0 aromatic carbocycles. The number of aliphatic hydroxyl groups is 1. The van der Waals surface area contributed by atoms with E-state index >= 15 is 0 Å². The van der Waals surface area contributed by atoms with Crippen molar-refractivity contribution in [3.05, 3.63) is 11.8 Å². The van der Waals surface area contributed by atoms with Crippen molar-refractivity contribution in [3.8, 4) is 0 Å². The number of primary amides is 1. The number of amides is 1. The van der Waals surface area contributed by atoms with Crippen LogP contribution >= 0.6 is 0 Å². The summed E-state index contributed by atoms with van der Waals surface area (Å²) in [6.45, 7) is 6.03. The van der Waals surface area contributed by atoms with Gasteiger partial charge in [-0.05, 0) is 46.0 Å². The molecule has 1 saturated carbocycles. The molecular weight excluding hydrogens is 327 g/mol. The fraction of sp³-hybridized carbons (Fsp3) is 0.688. The molecule has 1 heterocycles. The second-order valence-electron chi connectivity index (χ2n) is 9.39. The Morgan fingerprint density at radius 2 is 1.96 bits per heavy atom. The zero-order valence-electron chi connectivity index (χ0n) is 16.8. The molecule has 7 nitrogen and oxygen atoms in total. The van der Waals surface area contributed by atoms with Gasteiger partial charge in [0.05, 0.1) is 35.2 Å². The van der Waals surface area contributed by atoms with Gasteiger partial charge in [0.15, 0.2) is 0 Å². The van der Waals surface area contributed by atoms with Crippen molar-refractivity contribution in [1.82, 2.24) is 9.97 Å². The first-order valence-corrected chi connectivity index (χ1v) is 9.26. The Morgan fingerprint density at radius 1 is 1.31 bits per heavy atom. The lowest BCUT2D eigenvalue weighted by atomic mass is 9.36. The maximum atomic E-state index is 11.7. The quantitative estimate of drug-likeness (QED) is 0.488. The Labute approximate surface area is 158 Å². The second kappa shape index (κ2) is 7.51. The Bertz CT molecular complexity index is 660. The summed E-state index contributed by atoms with van der Waals surface area (Å²) in [6, 6.07) is 0.0408. The average Bonchev–Trinajstić information content (AvgIpc) is 2.44. The smallest absolute Gasteiger partial charge is 0.254 e. The monoisotopic (exact) mass is 357 g/mol. The fourth-order valence-electron chi connectivity index (χ4n) is 3.55. The lowest BCUT2D eigenvalue weighted by Crippen LogP contribution is -2.43. The molecule has 1 aliphatic carbocycles. The third kappa shape index (κ3) is 5.40. The van der Waals surface area contributed by atoms with Gasteiger partial charge < -0.3 is 21.5 Å². The predicted molar refractivity (Wildman–Crippen MR) is 113 cm³/mol. The lowest BCUT2D eigenvalue weighted by molar-refractivity contribution is 0.0652. The standard InChI is InChI=1S/C16H30B3N5O2/c1-15(2,3)24-14-21-7-9(12(20)26)13(23-14)22-8-4-5-10(11(25)6-8)16(17,18)19/h7-8,10-11,25H,4-6,17-19H2,1-3H3,(H2,20,26)(H2,21,22,23,24). The van der Waals surface area contributed by atoms with Crippen molar-refractivity contribution >= 4 is 41.2 Å². The molecule has 1 aromatic heterocycles. The number of aromatic nitrogens is 2. The number of anilines is 2. The average molecular weight is 357 g/mol. The van der Waals surface area contributed by atoms with Crippen molar-refractivity contribution in [2.75, 3.05) is 10.6 Å². The van der Waals surface area contributed by atoms with Crippen LogP contribution < -0.4 is 16.4 Å². The number of nitrogens with two attached hydrogens (primary N) is 1. The molecule has 26 heavy (non-hydrogen) atoms. The number of carbonyl (C=O) groups excluding carboxylic acids is 1. The number of nitrogens with one attached hydrogen (secondary N) is 2. The van der Waals surface area contributed by atoms with Crippen LogP contribution in [0.1, 0.15) is 50.4 Å². The van der Waals surface area contributed by atoms with Crippen LogP contribution in [0, 0.1) is 5.92 Å². The van der Waals surface area contributed by atoms with E-state index in [9.17, 15) is 9.90 Å². The molecule has 2 rings (SSSR count). The molecule has 3 atom stereocenters. The molecule has 0 spiro atoms.